The Bertz CT molecular complexity index is 641. The number of carbonyl (C=O) groups excluding carboxylic acids is 1. The third-order valence-corrected chi connectivity index (χ3v) is 7.28. The Morgan fingerprint density at radius 1 is 1.15 bits per heavy atom. The predicted molar refractivity (Wildman–Crippen MR) is 110 cm³/mol. The van der Waals surface area contributed by atoms with Crippen molar-refractivity contribution in [3.63, 3.8) is 0 Å². The van der Waals surface area contributed by atoms with E-state index < -0.39 is 5.54 Å². The van der Waals surface area contributed by atoms with Crippen LogP contribution >= 0.6 is 11.9 Å². The highest BCUT2D eigenvalue weighted by molar-refractivity contribution is 7.97. The summed E-state index contributed by atoms with van der Waals surface area (Å²) < 4.78 is 3.38. The van der Waals surface area contributed by atoms with E-state index in [9.17, 15) is 4.79 Å². The van der Waals surface area contributed by atoms with Gasteiger partial charge in [0.05, 0.1) is 0 Å². The molecule has 2 aliphatic carbocycles. The first-order valence-corrected chi connectivity index (χ1v) is 10.9. The summed E-state index contributed by atoms with van der Waals surface area (Å²) in [5, 5.41) is 3.42. The van der Waals surface area contributed by atoms with E-state index in [-0.39, 0.29) is 5.91 Å². The van der Waals surface area contributed by atoms with Crippen molar-refractivity contribution >= 4 is 17.9 Å². The summed E-state index contributed by atoms with van der Waals surface area (Å²) in [5.41, 5.74) is 0.627. The van der Waals surface area contributed by atoms with Crippen LogP contribution in [0.15, 0.2) is 29.2 Å². The van der Waals surface area contributed by atoms with E-state index in [2.05, 4.69) is 55.1 Å². The molecular formula is C22H34N2OS. The summed E-state index contributed by atoms with van der Waals surface area (Å²) in [5.74, 6) is 3.02. The number of fused-ring (bicyclic) bond motifs is 2. The molecule has 2 N–H and O–H groups in total. The van der Waals surface area contributed by atoms with E-state index >= 15 is 0 Å². The lowest BCUT2D eigenvalue weighted by Gasteiger charge is -2.47. The molecule has 4 heteroatoms. The highest BCUT2D eigenvalue weighted by Crippen LogP contribution is 2.44. The van der Waals surface area contributed by atoms with Crippen LogP contribution in [0.1, 0.15) is 58.9 Å². The smallest absolute Gasteiger partial charge is 0.240 e. The van der Waals surface area contributed by atoms with Gasteiger partial charge in [0.15, 0.2) is 0 Å². The molecule has 1 aromatic rings. The van der Waals surface area contributed by atoms with Gasteiger partial charge in [-0.05, 0) is 99.8 Å². The van der Waals surface area contributed by atoms with Crippen LogP contribution in [0.2, 0.25) is 0 Å². The lowest BCUT2D eigenvalue weighted by Crippen LogP contribution is -2.58. The van der Waals surface area contributed by atoms with Crippen LogP contribution in [0.3, 0.4) is 0 Å². The molecule has 3 rings (SSSR count). The topological polar surface area (TPSA) is 41.1 Å². The van der Waals surface area contributed by atoms with Crippen molar-refractivity contribution in [1.82, 2.24) is 10.0 Å². The molecule has 144 valence electrons. The number of aryl methyl sites for hydroxylation is 1. The zero-order chi connectivity index (χ0) is 18.9. The molecule has 0 aliphatic heterocycles. The van der Waals surface area contributed by atoms with Gasteiger partial charge < -0.3 is 5.32 Å². The Morgan fingerprint density at radius 3 is 2.65 bits per heavy atom. The molecule has 0 radical (unpaired) electrons. The predicted octanol–water partition coefficient (Wildman–Crippen LogP) is 4.95. The molecule has 3 nitrogen and oxygen atoms in total. The van der Waals surface area contributed by atoms with Crippen LogP contribution in [-0.2, 0) is 4.79 Å². The summed E-state index contributed by atoms with van der Waals surface area (Å²) in [6.07, 6.45) is 5.20. The Labute approximate surface area is 163 Å². The van der Waals surface area contributed by atoms with E-state index in [0.717, 1.165) is 16.7 Å². The highest BCUT2D eigenvalue weighted by Gasteiger charge is 2.42. The minimum atomic E-state index is -0.606. The van der Waals surface area contributed by atoms with Gasteiger partial charge in [-0.15, -0.1) is 0 Å². The first-order chi connectivity index (χ1) is 12.2. The molecule has 2 saturated carbocycles. The van der Waals surface area contributed by atoms with Gasteiger partial charge >= 0.3 is 0 Å². The first kappa shape index (κ1) is 19.8. The number of benzene rings is 1. The number of hydrogen-bond acceptors (Lipinski definition) is 3. The monoisotopic (exact) mass is 374 g/mol. The molecule has 2 bridgehead atoms. The molecule has 0 saturated heterocycles. The fourth-order valence-electron chi connectivity index (χ4n) is 4.93. The van der Waals surface area contributed by atoms with Crippen molar-refractivity contribution in [2.24, 2.45) is 23.7 Å². The maximum atomic E-state index is 13.0. The molecule has 1 amide bonds. The van der Waals surface area contributed by atoms with Gasteiger partial charge in [-0.25, -0.2) is 4.72 Å². The SMILES string of the molecule is Cc1cccc(SNC(C)(C)C(=O)NC2C(C)CC3CC(C)CC2C3)c1. The van der Waals surface area contributed by atoms with Gasteiger partial charge in [-0.2, -0.15) is 0 Å². The van der Waals surface area contributed by atoms with Gasteiger partial charge in [0.25, 0.3) is 0 Å². The lowest BCUT2D eigenvalue weighted by molar-refractivity contribution is -0.128. The molecule has 26 heavy (non-hydrogen) atoms. The Morgan fingerprint density at radius 2 is 1.92 bits per heavy atom. The Hall–Kier alpha value is -1.00. The fourth-order valence-corrected chi connectivity index (χ4v) is 5.79. The van der Waals surface area contributed by atoms with Crippen molar-refractivity contribution in [2.45, 2.75) is 76.8 Å². The Kier molecular flexibility index (Phi) is 6.03. The molecular weight excluding hydrogens is 340 g/mol. The summed E-state index contributed by atoms with van der Waals surface area (Å²) in [4.78, 5) is 14.2. The maximum absolute atomic E-state index is 13.0. The zero-order valence-electron chi connectivity index (χ0n) is 16.8. The van der Waals surface area contributed by atoms with E-state index in [1.54, 1.807) is 11.9 Å². The third-order valence-electron chi connectivity index (χ3n) is 6.18. The van der Waals surface area contributed by atoms with Crippen molar-refractivity contribution < 1.29 is 4.79 Å². The molecule has 5 atom stereocenters. The van der Waals surface area contributed by atoms with Crippen molar-refractivity contribution in [2.75, 3.05) is 0 Å². The normalized spacial score (nSPS) is 31.5. The summed E-state index contributed by atoms with van der Waals surface area (Å²) in [6.45, 7) is 10.7. The average Bonchev–Trinajstić information content (AvgIpc) is 2.56. The van der Waals surface area contributed by atoms with Crippen molar-refractivity contribution in [3.05, 3.63) is 29.8 Å². The standard InChI is InChI=1S/C22H34N2OS/c1-14-7-6-8-19(11-14)26-24-22(4,5)21(25)23-20-16(3)12-17-9-15(2)10-18(20)13-17/h6-8,11,15-18,20,24H,9-10,12-13H2,1-5H3,(H,23,25). The number of rotatable bonds is 5. The van der Waals surface area contributed by atoms with Crippen LogP contribution in [0.4, 0.5) is 0 Å². The van der Waals surface area contributed by atoms with E-state index in [1.165, 1.54) is 31.2 Å². The number of amides is 1. The van der Waals surface area contributed by atoms with Gasteiger partial charge in [-0.3, -0.25) is 4.79 Å². The second-order valence-electron chi connectivity index (χ2n) is 9.30. The quantitative estimate of drug-likeness (QED) is 0.717. The average molecular weight is 375 g/mol. The minimum Gasteiger partial charge on any atom is -0.351 e. The number of hydrogen-bond donors (Lipinski definition) is 2. The molecule has 2 aliphatic rings. The van der Waals surface area contributed by atoms with Crippen LogP contribution < -0.4 is 10.0 Å². The van der Waals surface area contributed by atoms with E-state index in [1.807, 2.05) is 13.8 Å². The third kappa shape index (κ3) is 4.64. The molecule has 5 unspecified atom stereocenters. The van der Waals surface area contributed by atoms with Gasteiger partial charge in [0, 0.05) is 10.9 Å². The lowest BCUT2D eigenvalue weighted by atomic mass is 9.63. The minimum absolute atomic E-state index is 0.117. The molecule has 0 heterocycles. The molecule has 0 aromatic heterocycles. The fraction of sp³-hybridized carbons (Fsp3) is 0.682. The second-order valence-corrected chi connectivity index (χ2v) is 10.2. The maximum Gasteiger partial charge on any atom is 0.240 e. The van der Waals surface area contributed by atoms with Crippen molar-refractivity contribution in [1.29, 1.82) is 0 Å². The van der Waals surface area contributed by atoms with Crippen LogP contribution in [0, 0.1) is 30.6 Å². The van der Waals surface area contributed by atoms with Crippen LogP contribution in [0.5, 0.6) is 0 Å². The molecule has 1 aromatic carbocycles. The highest BCUT2D eigenvalue weighted by atomic mass is 32.2. The van der Waals surface area contributed by atoms with Gasteiger partial charge in [0.2, 0.25) is 5.91 Å². The summed E-state index contributed by atoms with van der Waals surface area (Å²) in [7, 11) is 0. The summed E-state index contributed by atoms with van der Waals surface area (Å²) >= 11 is 1.54. The van der Waals surface area contributed by atoms with E-state index in [4.69, 9.17) is 0 Å². The largest absolute Gasteiger partial charge is 0.351 e. The van der Waals surface area contributed by atoms with Crippen molar-refractivity contribution in [3.8, 4) is 0 Å². The number of nitrogens with one attached hydrogen (secondary N) is 2. The first-order valence-electron chi connectivity index (χ1n) is 10.1. The number of carbonyl (C=O) groups is 1. The summed E-state index contributed by atoms with van der Waals surface area (Å²) in [6, 6.07) is 8.68. The van der Waals surface area contributed by atoms with Gasteiger partial charge in [0.1, 0.15) is 5.54 Å². The molecule has 2 fully saturated rings. The molecule has 0 spiro atoms. The van der Waals surface area contributed by atoms with Crippen LogP contribution in [0.25, 0.3) is 0 Å². The van der Waals surface area contributed by atoms with E-state index in [0.29, 0.717) is 17.9 Å². The Balaban J connectivity index is 1.60. The second kappa shape index (κ2) is 7.93. The zero-order valence-corrected chi connectivity index (χ0v) is 17.7. The van der Waals surface area contributed by atoms with Crippen LogP contribution in [-0.4, -0.2) is 17.5 Å². The van der Waals surface area contributed by atoms with Gasteiger partial charge in [-0.1, -0.05) is 26.0 Å².